The molecule has 9 amide bonds. The van der Waals surface area contributed by atoms with Crippen LogP contribution in [0.25, 0.3) is 0 Å². The van der Waals surface area contributed by atoms with Gasteiger partial charge >= 0.3 is 5.97 Å². The number of aromatic hydroxyl groups is 1. The van der Waals surface area contributed by atoms with Gasteiger partial charge in [-0.1, -0.05) is 111 Å². The summed E-state index contributed by atoms with van der Waals surface area (Å²) >= 11 is 0. The highest BCUT2D eigenvalue weighted by Crippen LogP contribution is 2.17. The zero-order chi connectivity index (χ0) is 63.9. The molecule has 474 valence electrons. The quantitative estimate of drug-likeness (QED) is 0.0239. The van der Waals surface area contributed by atoms with Crippen molar-refractivity contribution in [3.63, 3.8) is 0 Å². The first-order valence-electron chi connectivity index (χ1n) is 29.4. The standard InChI is InChI=1S/C59H96N14O12/c1-9-35(7)48(62)56(82)66-41(20-16-28-65-59(63)64)51(77)69-44(30-34(5)6)55(81)73-49(36(8)10-2)57(83)67-40(19-14-15-27-60)50(76)71-45(31-37-17-12-11-13-18-37)54(80)70-43(29-33(3)4)52(78)72-46(32-38-21-23-39(74)24-22-38)53(79)68-42(58(84)85)25-26-47(61)75/h11-13,17-18,21-24,33-36,40-46,48-49,74H,9-10,14-16,19-20,25-32,60,62H2,1-8H3,(H2,61,75)(H,66,82)(H,67,83)(H,68,79)(H,69,77)(H,70,80)(H,71,76)(H,72,78)(H,73,81)(H,84,85)(H4,63,64,65)/t35-,36-,40-,41-,42-,43-,44-,45-,46-,48-,49-/m0/s1. The number of carboxylic acids is 1. The summed E-state index contributed by atoms with van der Waals surface area (Å²) in [6.07, 6.45) is 1.40. The number of primary amides is 1. The molecule has 2 aromatic rings. The number of unbranched alkanes of at least 4 members (excludes halogenated alkanes) is 1. The molecule has 0 fully saturated rings. The second kappa shape index (κ2) is 38.2. The number of guanidine groups is 1. The van der Waals surface area contributed by atoms with Crippen molar-refractivity contribution >= 4 is 65.1 Å². The van der Waals surface area contributed by atoms with E-state index >= 15 is 0 Å². The third-order valence-corrected chi connectivity index (χ3v) is 14.4. The Kier molecular flexibility index (Phi) is 32.9. The average molecular weight is 1190 g/mol. The van der Waals surface area contributed by atoms with Gasteiger partial charge in [0.1, 0.15) is 54.1 Å². The number of benzene rings is 2. The van der Waals surface area contributed by atoms with Gasteiger partial charge in [0.15, 0.2) is 5.96 Å². The van der Waals surface area contributed by atoms with E-state index in [-0.39, 0.29) is 100 Å². The second-order valence-corrected chi connectivity index (χ2v) is 22.6. The normalized spacial score (nSPS) is 15.1. The van der Waals surface area contributed by atoms with Gasteiger partial charge in [0, 0.05) is 25.8 Å². The van der Waals surface area contributed by atoms with Gasteiger partial charge in [0.2, 0.25) is 53.2 Å². The maximum atomic E-state index is 14.7. The lowest BCUT2D eigenvalue weighted by molar-refractivity contribution is -0.142. The van der Waals surface area contributed by atoms with E-state index in [2.05, 4.69) is 47.5 Å². The van der Waals surface area contributed by atoms with Crippen molar-refractivity contribution in [1.82, 2.24) is 42.5 Å². The molecule has 0 bridgehead atoms. The lowest BCUT2D eigenvalue weighted by atomic mass is 9.95. The molecule has 0 spiro atoms. The van der Waals surface area contributed by atoms with Crippen LogP contribution in [-0.4, -0.2) is 143 Å². The molecular weight excluding hydrogens is 1100 g/mol. The Morgan fingerprint density at radius 1 is 0.494 bits per heavy atom. The van der Waals surface area contributed by atoms with Crippen molar-refractivity contribution in [3.8, 4) is 5.75 Å². The molecule has 26 heteroatoms. The summed E-state index contributed by atoms with van der Waals surface area (Å²) in [5.74, 6) is -9.60. The van der Waals surface area contributed by atoms with Crippen molar-refractivity contribution < 1.29 is 58.2 Å². The number of carbonyl (C=O) groups is 10. The van der Waals surface area contributed by atoms with Crippen LogP contribution in [-0.2, 0) is 60.8 Å². The van der Waals surface area contributed by atoms with E-state index in [1.165, 1.54) is 24.3 Å². The molecule has 0 unspecified atom stereocenters. The predicted octanol–water partition coefficient (Wildman–Crippen LogP) is 0.100. The van der Waals surface area contributed by atoms with Crippen molar-refractivity contribution in [2.75, 3.05) is 13.1 Å². The summed E-state index contributed by atoms with van der Waals surface area (Å²) in [6.45, 7) is 14.9. The average Bonchev–Trinajstić information content (AvgIpc) is 3.52. The fourth-order valence-electron chi connectivity index (χ4n) is 8.98. The molecule has 0 aromatic heterocycles. The topological polar surface area (TPSA) is 450 Å². The van der Waals surface area contributed by atoms with Crippen LogP contribution >= 0.6 is 0 Å². The van der Waals surface area contributed by atoms with E-state index in [0.717, 1.165) is 0 Å². The minimum Gasteiger partial charge on any atom is -0.508 e. The van der Waals surface area contributed by atoms with Crippen molar-refractivity contribution in [3.05, 3.63) is 65.7 Å². The zero-order valence-electron chi connectivity index (χ0n) is 50.6. The van der Waals surface area contributed by atoms with Gasteiger partial charge in [-0.2, -0.15) is 0 Å². The predicted molar refractivity (Wildman–Crippen MR) is 322 cm³/mol. The highest BCUT2D eigenvalue weighted by molar-refractivity contribution is 5.98. The first-order chi connectivity index (χ1) is 40.1. The molecule has 0 aliphatic heterocycles. The maximum absolute atomic E-state index is 14.7. The molecule has 0 heterocycles. The fraction of sp³-hybridized carbons (Fsp3) is 0.610. The molecule has 20 N–H and O–H groups in total. The molecule has 0 aliphatic rings. The fourth-order valence-corrected chi connectivity index (χ4v) is 8.98. The third kappa shape index (κ3) is 27.6. The van der Waals surface area contributed by atoms with E-state index in [0.29, 0.717) is 36.8 Å². The number of carboxylic acid groups (broad SMARTS) is 1. The van der Waals surface area contributed by atoms with Gasteiger partial charge in [0.25, 0.3) is 0 Å². The number of carbonyl (C=O) groups excluding carboxylic acids is 9. The van der Waals surface area contributed by atoms with Crippen LogP contribution in [0.4, 0.5) is 0 Å². The highest BCUT2D eigenvalue weighted by atomic mass is 16.4. The van der Waals surface area contributed by atoms with Crippen LogP contribution in [0.1, 0.15) is 137 Å². The van der Waals surface area contributed by atoms with Crippen LogP contribution in [0, 0.1) is 23.7 Å². The van der Waals surface area contributed by atoms with E-state index in [9.17, 15) is 58.2 Å². The summed E-state index contributed by atoms with van der Waals surface area (Å²) in [4.78, 5) is 142. The summed E-state index contributed by atoms with van der Waals surface area (Å²) in [5, 5.41) is 41.5. The number of phenols is 1. The second-order valence-electron chi connectivity index (χ2n) is 22.6. The molecule has 0 aliphatic carbocycles. The summed E-state index contributed by atoms with van der Waals surface area (Å²) < 4.78 is 0. The minimum atomic E-state index is -1.56. The zero-order valence-corrected chi connectivity index (χ0v) is 50.6. The van der Waals surface area contributed by atoms with Crippen molar-refractivity contribution in [2.24, 2.45) is 57.3 Å². The van der Waals surface area contributed by atoms with Crippen LogP contribution in [0.5, 0.6) is 5.75 Å². The first-order valence-corrected chi connectivity index (χ1v) is 29.4. The molecule has 11 atom stereocenters. The Hall–Kier alpha value is -7.87. The number of rotatable bonds is 40. The molecule has 0 radical (unpaired) electrons. The van der Waals surface area contributed by atoms with Crippen molar-refractivity contribution in [1.29, 1.82) is 0 Å². The Balaban J connectivity index is 2.55. The molecule has 0 saturated carbocycles. The SMILES string of the molecule is CC[C@H](C)[C@H](N)C(=O)N[C@@H](CCCN=C(N)N)C(=O)N[C@@H](CC(C)C)C(=O)N[C@H](C(=O)N[C@@H](CCCCN)C(=O)N[C@@H](Cc1ccccc1)C(=O)N[C@@H](CC(C)C)C(=O)N[C@@H](Cc1ccc(O)cc1)C(=O)N[C@@H](CCC(N)=O)C(=O)O)[C@@H](C)CC. The van der Waals surface area contributed by atoms with Gasteiger partial charge in [-0.25, -0.2) is 4.79 Å². The number of aliphatic carboxylic acids is 1. The third-order valence-electron chi connectivity index (χ3n) is 14.4. The number of amides is 9. The Morgan fingerprint density at radius 3 is 1.38 bits per heavy atom. The Labute approximate surface area is 499 Å². The van der Waals surface area contributed by atoms with E-state index in [4.69, 9.17) is 28.7 Å². The van der Waals surface area contributed by atoms with Crippen LogP contribution < -0.4 is 71.2 Å². The number of nitrogens with two attached hydrogens (primary N) is 5. The van der Waals surface area contributed by atoms with Crippen molar-refractivity contribution in [2.45, 2.75) is 193 Å². The molecule has 26 nitrogen and oxygen atoms in total. The lowest BCUT2D eigenvalue weighted by Crippen LogP contribution is -2.61. The van der Waals surface area contributed by atoms with Gasteiger partial charge < -0.3 is 81.4 Å². The van der Waals surface area contributed by atoms with E-state index in [1.54, 1.807) is 51.1 Å². The van der Waals surface area contributed by atoms with Crippen LogP contribution in [0.3, 0.4) is 0 Å². The highest BCUT2D eigenvalue weighted by Gasteiger charge is 2.37. The summed E-state index contributed by atoms with van der Waals surface area (Å²) in [5.41, 5.74) is 29.4. The number of hydrogen-bond donors (Lipinski definition) is 15. The minimum absolute atomic E-state index is 0.0284. The first kappa shape index (κ1) is 73.2. The van der Waals surface area contributed by atoms with Gasteiger partial charge in [-0.15, -0.1) is 0 Å². The van der Waals surface area contributed by atoms with Gasteiger partial charge in [0.05, 0.1) is 6.04 Å². The van der Waals surface area contributed by atoms with Crippen LogP contribution in [0.2, 0.25) is 0 Å². The summed E-state index contributed by atoms with van der Waals surface area (Å²) in [7, 11) is 0. The van der Waals surface area contributed by atoms with Gasteiger partial charge in [-0.05, 0) is 105 Å². The lowest BCUT2D eigenvalue weighted by Gasteiger charge is -2.30. The van der Waals surface area contributed by atoms with Crippen LogP contribution in [0.15, 0.2) is 59.6 Å². The number of hydrogen-bond acceptors (Lipinski definition) is 14. The molecule has 2 rings (SSSR count). The van der Waals surface area contributed by atoms with Gasteiger partial charge in [-0.3, -0.25) is 48.1 Å². The summed E-state index contributed by atoms with van der Waals surface area (Å²) in [6, 6.07) is 2.92. The number of nitrogens with zero attached hydrogens (tertiary/aromatic N) is 1. The largest absolute Gasteiger partial charge is 0.508 e. The number of phenolic OH excluding ortho intramolecular Hbond substituents is 1. The smallest absolute Gasteiger partial charge is 0.326 e. The Morgan fingerprint density at radius 2 is 0.918 bits per heavy atom. The molecular formula is C59H96N14O12. The molecule has 2 aromatic carbocycles. The monoisotopic (exact) mass is 1190 g/mol. The molecule has 0 saturated heterocycles. The number of aliphatic imine (C=N–C) groups is 1. The van der Waals surface area contributed by atoms with E-state index in [1.807, 2.05) is 34.6 Å². The maximum Gasteiger partial charge on any atom is 0.326 e. The Bertz CT molecular complexity index is 2510. The number of nitrogens with one attached hydrogen (secondary N) is 8. The molecule has 85 heavy (non-hydrogen) atoms. The van der Waals surface area contributed by atoms with E-state index < -0.39 is 119 Å².